The second-order valence-corrected chi connectivity index (χ2v) is 5.90. The average molecular weight is 328 g/mol. The van der Waals surface area contributed by atoms with E-state index in [-0.39, 0.29) is 6.54 Å². The Morgan fingerprint density at radius 2 is 1.94 bits per heavy atom. The van der Waals surface area contributed by atoms with Crippen LogP contribution in [0, 0.1) is 11.6 Å². The first-order chi connectivity index (χ1) is 7.97. The highest BCUT2D eigenvalue weighted by atomic mass is 79.9. The van der Waals surface area contributed by atoms with Gasteiger partial charge < -0.3 is 0 Å². The zero-order valence-corrected chi connectivity index (χ0v) is 11.3. The number of hydrogen-bond donors (Lipinski definition) is 1. The van der Waals surface area contributed by atoms with Crippen LogP contribution in [0.4, 0.5) is 8.78 Å². The molecule has 0 radical (unpaired) electrons. The van der Waals surface area contributed by atoms with Gasteiger partial charge in [0.25, 0.3) is 0 Å². The predicted octanol–water partition coefficient (Wildman–Crippen LogP) is 2.42. The van der Waals surface area contributed by atoms with Gasteiger partial charge in [-0.05, 0) is 25.0 Å². The lowest BCUT2D eigenvalue weighted by Crippen LogP contribution is -2.25. The highest BCUT2D eigenvalue weighted by Gasteiger charge is 2.18. The first-order valence-corrected chi connectivity index (χ1v) is 7.58. The van der Waals surface area contributed by atoms with Crippen molar-refractivity contribution in [3.63, 3.8) is 0 Å². The van der Waals surface area contributed by atoms with E-state index < -0.39 is 26.6 Å². The van der Waals surface area contributed by atoms with Crippen LogP contribution >= 0.6 is 15.9 Å². The van der Waals surface area contributed by atoms with Gasteiger partial charge in [0, 0.05) is 17.9 Å². The summed E-state index contributed by atoms with van der Waals surface area (Å²) >= 11 is 3.22. The highest BCUT2D eigenvalue weighted by Crippen LogP contribution is 2.15. The van der Waals surface area contributed by atoms with Crippen LogP contribution in [0.15, 0.2) is 23.1 Å². The summed E-state index contributed by atoms with van der Waals surface area (Å²) in [6.07, 6.45) is 1.46. The molecule has 0 aliphatic heterocycles. The van der Waals surface area contributed by atoms with Gasteiger partial charge in [-0.25, -0.2) is 21.9 Å². The number of alkyl halides is 1. The number of sulfonamides is 1. The topological polar surface area (TPSA) is 46.2 Å². The molecule has 17 heavy (non-hydrogen) atoms. The molecular formula is C10H12BrF2NO2S. The largest absolute Gasteiger partial charge is 0.243 e. The maximum Gasteiger partial charge on any atom is 0.243 e. The van der Waals surface area contributed by atoms with E-state index in [9.17, 15) is 17.2 Å². The zero-order valence-electron chi connectivity index (χ0n) is 8.92. The van der Waals surface area contributed by atoms with E-state index in [4.69, 9.17) is 0 Å². The molecule has 7 heteroatoms. The summed E-state index contributed by atoms with van der Waals surface area (Å²) in [5, 5.41) is 0.777. The molecule has 0 spiro atoms. The fraction of sp³-hybridized carbons (Fsp3) is 0.400. The Morgan fingerprint density at radius 1 is 1.24 bits per heavy atom. The lowest BCUT2D eigenvalue weighted by atomic mass is 10.3. The van der Waals surface area contributed by atoms with Crippen LogP contribution in [0.1, 0.15) is 12.8 Å². The second kappa shape index (κ2) is 6.42. The Kier molecular flexibility index (Phi) is 5.48. The average Bonchev–Trinajstić information content (AvgIpc) is 2.24. The molecule has 0 aliphatic rings. The van der Waals surface area contributed by atoms with E-state index in [1.807, 2.05) is 0 Å². The van der Waals surface area contributed by atoms with Crippen molar-refractivity contribution in [2.45, 2.75) is 17.7 Å². The summed E-state index contributed by atoms with van der Waals surface area (Å²) in [5.41, 5.74) is 0. The Bertz CT molecular complexity index is 479. The van der Waals surface area contributed by atoms with Crippen LogP contribution in [-0.4, -0.2) is 20.3 Å². The van der Waals surface area contributed by atoms with Crippen LogP contribution in [0.2, 0.25) is 0 Å². The van der Waals surface area contributed by atoms with Crippen LogP contribution in [0.25, 0.3) is 0 Å². The minimum absolute atomic E-state index is 0.227. The molecule has 1 rings (SSSR count). The molecule has 3 nitrogen and oxygen atoms in total. The van der Waals surface area contributed by atoms with E-state index in [0.717, 1.165) is 23.9 Å². The Morgan fingerprint density at radius 3 is 2.53 bits per heavy atom. The number of unbranched alkanes of at least 4 members (excludes halogenated alkanes) is 1. The van der Waals surface area contributed by atoms with Crippen molar-refractivity contribution in [1.82, 2.24) is 4.72 Å². The van der Waals surface area contributed by atoms with E-state index in [0.29, 0.717) is 12.5 Å². The van der Waals surface area contributed by atoms with Gasteiger partial charge >= 0.3 is 0 Å². The summed E-state index contributed by atoms with van der Waals surface area (Å²) in [6.45, 7) is 0.227. The molecule has 1 N–H and O–H groups in total. The smallest absolute Gasteiger partial charge is 0.211 e. The standard InChI is InChI=1S/C10H12BrF2NO2S/c11-5-1-2-6-14-17(15,16)10-4-3-8(12)7-9(10)13/h3-4,7,14H,1-2,5-6H2. The number of halogens is 3. The molecule has 1 aromatic carbocycles. The second-order valence-electron chi connectivity index (χ2n) is 3.37. The molecule has 1 aromatic rings. The third-order valence-corrected chi connectivity index (χ3v) is 4.09. The van der Waals surface area contributed by atoms with Crippen LogP contribution in [-0.2, 0) is 10.0 Å². The van der Waals surface area contributed by atoms with Crippen molar-refractivity contribution in [3.8, 4) is 0 Å². The summed E-state index contributed by atoms with van der Waals surface area (Å²) in [7, 11) is -3.90. The first kappa shape index (κ1) is 14.5. The molecule has 0 heterocycles. The molecule has 0 unspecified atom stereocenters. The molecule has 0 bridgehead atoms. The monoisotopic (exact) mass is 327 g/mol. The molecule has 0 saturated heterocycles. The Balaban J connectivity index is 2.76. The summed E-state index contributed by atoms with van der Waals surface area (Å²) in [4.78, 5) is -0.530. The normalized spacial score (nSPS) is 11.7. The summed E-state index contributed by atoms with van der Waals surface area (Å²) in [5.74, 6) is -1.89. The first-order valence-electron chi connectivity index (χ1n) is 4.98. The van der Waals surface area contributed by atoms with Crippen LogP contribution in [0.5, 0.6) is 0 Å². The maximum absolute atomic E-state index is 13.3. The van der Waals surface area contributed by atoms with Crippen molar-refractivity contribution >= 4 is 26.0 Å². The third kappa shape index (κ3) is 4.33. The minimum atomic E-state index is -3.90. The van der Waals surface area contributed by atoms with Gasteiger partial charge in [0.15, 0.2) is 0 Å². The van der Waals surface area contributed by atoms with Gasteiger partial charge in [0.1, 0.15) is 16.5 Å². The molecule has 0 aliphatic carbocycles. The van der Waals surface area contributed by atoms with Gasteiger partial charge in [0.05, 0.1) is 0 Å². The van der Waals surface area contributed by atoms with Crippen LogP contribution < -0.4 is 4.72 Å². The molecule has 96 valence electrons. The van der Waals surface area contributed by atoms with Crippen molar-refractivity contribution in [3.05, 3.63) is 29.8 Å². The van der Waals surface area contributed by atoms with Crippen LogP contribution in [0.3, 0.4) is 0 Å². The van der Waals surface area contributed by atoms with E-state index in [1.54, 1.807) is 0 Å². The minimum Gasteiger partial charge on any atom is -0.211 e. The SMILES string of the molecule is O=S(=O)(NCCCCBr)c1ccc(F)cc1F. The number of benzene rings is 1. The van der Waals surface area contributed by atoms with Gasteiger partial charge in [-0.3, -0.25) is 0 Å². The fourth-order valence-corrected chi connectivity index (χ4v) is 2.72. The van der Waals surface area contributed by atoms with Gasteiger partial charge in [-0.2, -0.15) is 0 Å². The maximum atomic E-state index is 13.3. The van der Waals surface area contributed by atoms with E-state index >= 15 is 0 Å². The van der Waals surface area contributed by atoms with Crippen molar-refractivity contribution in [1.29, 1.82) is 0 Å². The van der Waals surface area contributed by atoms with Crippen molar-refractivity contribution in [2.24, 2.45) is 0 Å². The molecule has 0 saturated carbocycles. The van der Waals surface area contributed by atoms with Gasteiger partial charge in [-0.15, -0.1) is 0 Å². The van der Waals surface area contributed by atoms with Gasteiger partial charge in [0.2, 0.25) is 10.0 Å². The zero-order chi connectivity index (χ0) is 12.9. The third-order valence-electron chi connectivity index (χ3n) is 2.04. The van der Waals surface area contributed by atoms with Gasteiger partial charge in [-0.1, -0.05) is 15.9 Å². The molecule has 0 fully saturated rings. The molecular weight excluding hydrogens is 316 g/mol. The number of rotatable bonds is 6. The lowest BCUT2D eigenvalue weighted by molar-refractivity contribution is 0.542. The van der Waals surface area contributed by atoms with Crippen molar-refractivity contribution < 1.29 is 17.2 Å². The van der Waals surface area contributed by atoms with E-state index in [1.165, 1.54) is 0 Å². The van der Waals surface area contributed by atoms with E-state index in [2.05, 4.69) is 20.7 Å². The molecule has 0 amide bonds. The summed E-state index contributed by atoms with van der Waals surface area (Å²) < 4.78 is 51.4. The number of nitrogens with one attached hydrogen (secondary N) is 1. The fourth-order valence-electron chi connectivity index (χ4n) is 1.20. The molecule has 0 aromatic heterocycles. The van der Waals surface area contributed by atoms with Crippen molar-refractivity contribution in [2.75, 3.05) is 11.9 Å². The predicted molar refractivity (Wildman–Crippen MR) is 64.6 cm³/mol. The molecule has 0 atom stereocenters. The highest BCUT2D eigenvalue weighted by molar-refractivity contribution is 9.09. The lowest BCUT2D eigenvalue weighted by Gasteiger charge is -2.07. The quantitative estimate of drug-likeness (QED) is 0.644. The Hall–Kier alpha value is -0.530. The summed E-state index contributed by atoms with van der Waals surface area (Å²) in [6, 6.07) is 2.38. The Labute approximate surface area is 107 Å². The number of hydrogen-bond acceptors (Lipinski definition) is 2.